The Morgan fingerprint density at radius 2 is 1.32 bits per heavy atom. The number of nitrogens with zero attached hydrogens (tertiary/aromatic N) is 1. The van der Waals surface area contributed by atoms with E-state index in [1.807, 2.05) is 0 Å². The second-order valence-corrected chi connectivity index (χ2v) is 14.7. The number of halogens is 3. The molecule has 1 N–H and O–H groups in total. The minimum absolute atomic E-state index is 0.343. The number of alkyl halides is 3. The van der Waals surface area contributed by atoms with E-state index in [1.54, 1.807) is 6.07 Å². The van der Waals surface area contributed by atoms with Crippen LogP contribution in [-0.4, -0.2) is 44.8 Å². The molecule has 0 radical (unpaired) electrons. The minimum atomic E-state index is -4.64. The molecule has 0 saturated heterocycles. The summed E-state index contributed by atoms with van der Waals surface area (Å²) in [7, 11) is -1.68. The minimum Gasteiger partial charge on any atom is -0.326 e. The summed E-state index contributed by atoms with van der Waals surface area (Å²) in [5.74, 6) is 0. The maximum absolute atomic E-state index is 14.2. The highest BCUT2D eigenvalue weighted by atomic mass is 32.2. The van der Waals surface area contributed by atoms with Gasteiger partial charge in [0.1, 0.15) is 0 Å². The van der Waals surface area contributed by atoms with Crippen LogP contribution in [0.25, 0.3) is 0 Å². The molecule has 1 atom stereocenters. The number of likely N-dealkylation sites (N-methyl/N-ethyl adjacent to an activating group) is 1. The van der Waals surface area contributed by atoms with Gasteiger partial charge in [-0.25, -0.2) is 8.42 Å². The molecule has 1 fully saturated rings. The standard InChI is InChI=1S/C33H58F3N2O2S/c1-4-6-8-9-13-16-19-26-38(3,25-7-5-2)27-24-29-22-23-32(31(28-29)33(34,35)36)37-41(39,40)30-20-17-14-11-10-12-15-18-21-30/h22-23,28,30,37H,4-21,24-27H2,1-3H3/q+1. The van der Waals surface area contributed by atoms with Crippen LogP contribution < -0.4 is 4.72 Å². The fourth-order valence-electron chi connectivity index (χ4n) is 6.11. The Kier molecular flexibility index (Phi) is 16.1. The largest absolute Gasteiger partial charge is 0.418 e. The molecule has 0 bridgehead atoms. The summed E-state index contributed by atoms with van der Waals surface area (Å²) in [4.78, 5) is 0. The maximum Gasteiger partial charge on any atom is 0.418 e. The van der Waals surface area contributed by atoms with Crippen LogP contribution in [-0.2, 0) is 22.6 Å². The molecule has 1 unspecified atom stereocenters. The first kappa shape index (κ1) is 35.9. The number of benzene rings is 1. The van der Waals surface area contributed by atoms with Gasteiger partial charge in [0, 0.05) is 6.42 Å². The third-order valence-electron chi connectivity index (χ3n) is 8.93. The van der Waals surface area contributed by atoms with Crippen molar-refractivity contribution in [1.82, 2.24) is 0 Å². The highest BCUT2D eigenvalue weighted by Gasteiger charge is 2.36. The SMILES string of the molecule is CCCCCCCCC[N+](C)(CCCC)CCc1ccc(NS(=O)(=O)C2CCCCCCCCC2)c(C(F)(F)F)c1. The van der Waals surface area contributed by atoms with E-state index in [-0.39, 0.29) is 5.69 Å². The Labute approximate surface area is 249 Å². The summed E-state index contributed by atoms with van der Waals surface area (Å²) < 4.78 is 72.3. The van der Waals surface area contributed by atoms with Gasteiger partial charge in [-0.15, -0.1) is 0 Å². The van der Waals surface area contributed by atoms with Crippen molar-refractivity contribution in [2.24, 2.45) is 0 Å². The number of sulfonamides is 1. The molecule has 2 rings (SSSR count). The first-order valence-electron chi connectivity index (χ1n) is 16.6. The topological polar surface area (TPSA) is 46.2 Å². The first-order valence-corrected chi connectivity index (χ1v) is 18.1. The lowest BCUT2D eigenvalue weighted by Crippen LogP contribution is -2.47. The zero-order valence-corrected chi connectivity index (χ0v) is 27.0. The second-order valence-electron chi connectivity index (χ2n) is 12.7. The van der Waals surface area contributed by atoms with E-state index in [0.29, 0.717) is 24.8 Å². The van der Waals surface area contributed by atoms with Gasteiger partial charge in [0.05, 0.1) is 43.2 Å². The average molecular weight is 604 g/mol. The van der Waals surface area contributed by atoms with Crippen molar-refractivity contribution in [3.05, 3.63) is 29.3 Å². The summed E-state index contributed by atoms with van der Waals surface area (Å²) in [6, 6.07) is 4.18. The summed E-state index contributed by atoms with van der Waals surface area (Å²) in [5.41, 5.74) is -0.614. The van der Waals surface area contributed by atoms with Crippen LogP contribution in [0.4, 0.5) is 18.9 Å². The Balaban J connectivity index is 2.10. The van der Waals surface area contributed by atoms with Crippen molar-refractivity contribution < 1.29 is 26.1 Å². The Bertz CT molecular complexity index is 958. The number of quaternary nitrogens is 1. The van der Waals surface area contributed by atoms with Gasteiger partial charge in [-0.2, -0.15) is 13.2 Å². The van der Waals surface area contributed by atoms with Crippen LogP contribution in [0, 0.1) is 0 Å². The number of unbranched alkanes of at least 4 members (excludes halogenated alkanes) is 7. The maximum atomic E-state index is 14.2. The van der Waals surface area contributed by atoms with Crippen LogP contribution in [0.5, 0.6) is 0 Å². The highest BCUT2D eigenvalue weighted by Crippen LogP contribution is 2.37. The van der Waals surface area contributed by atoms with Gasteiger partial charge in [-0.05, 0) is 49.8 Å². The van der Waals surface area contributed by atoms with Crippen LogP contribution in [0.3, 0.4) is 0 Å². The van der Waals surface area contributed by atoms with E-state index in [9.17, 15) is 21.6 Å². The lowest BCUT2D eigenvalue weighted by Gasteiger charge is -2.35. The molecule has 0 aliphatic heterocycles. The van der Waals surface area contributed by atoms with Gasteiger partial charge in [0.2, 0.25) is 10.0 Å². The summed E-state index contributed by atoms with van der Waals surface area (Å²) in [6.07, 6.45) is 14.7. The molecular weight excluding hydrogens is 545 g/mol. The molecule has 0 amide bonds. The normalized spacial score (nSPS) is 17.7. The number of rotatable bonds is 17. The van der Waals surface area contributed by atoms with Crippen molar-refractivity contribution in [2.45, 2.75) is 147 Å². The van der Waals surface area contributed by atoms with E-state index in [0.717, 1.165) is 81.9 Å². The molecule has 238 valence electrons. The van der Waals surface area contributed by atoms with Gasteiger partial charge < -0.3 is 4.48 Å². The van der Waals surface area contributed by atoms with Crippen LogP contribution >= 0.6 is 0 Å². The van der Waals surface area contributed by atoms with Gasteiger partial charge in [-0.3, -0.25) is 4.72 Å². The molecular formula is C33H58F3N2O2S+. The predicted molar refractivity (Wildman–Crippen MR) is 167 cm³/mol. The van der Waals surface area contributed by atoms with Crippen LogP contribution in [0.1, 0.15) is 141 Å². The van der Waals surface area contributed by atoms with Gasteiger partial charge in [0.15, 0.2) is 0 Å². The Morgan fingerprint density at radius 3 is 1.90 bits per heavy atom. The van der Waals surface area contributed by atoms with E-state index >= 15 is 0 Å². The molecule has 1 aliphatic carbocycles. The Morgan fingerprint density at radius 1 is 0.780 bits per heavy atom. The molecule has 1 saturated carbocycles. The molecule has 1 aromatic rings. The number of hydrogen-bond donors (Lipinski definition) is 1. The fourth-order valence-corrected chi connectivity index (χ4v) is 7.72. The van der Waals surface area contributed by atoms with Crippen molar-refractivity contribution >= 4 is 15.7 Å². The molecule has 0 heterocycles. The van der Waals surface area contributed by atoms with E-state index in [1.165, 1.54) is 57.1 Å². The molecule has 1 aliphatic rings. The molecule has 0 aromatic heterocycles. The van der Waals surface area contributed by atoms with Gasteiger partial charge in [0.25, 0.3) is 0 Å². The lowest BCUT2D eigenvalue weighted by atomic mass is 10.0. The average Bonchev–Trinajstić information content (AvgIpc) is 2.93. The molecule has 8 heteroatoms. The van der Waals surface area contributed by atoms with Gasteiger partial charge >= 0.3 is 6.18 Å². The summed E-state index contributed by atoms with van der Waals surface area (Å²) in [5, 5.41) is -0.649. The number of anilines is 1. The van der Waals surface area contributed by atoms with E-state index in [4.69, 9.17) is 0 Å². The van der Waals surface area contributed by atoms with Crippen molar-refractivity contribution in [2.75, 3.05) is 31.4 Å². The van der Waals surface area contributed by atoms with Crippen molar-refractivity contribution in [3.63, 3.8) is 0 Å². The molecule has 4 nitrogen and oxygen atoms in total. The number of nitrogens with one attached hydrogen (secondary N) is 1. The molecule has 41 heavy (non-hydrogen) atoms. The monoisotopic (exact) mass is 603 g/mol. The second kappa shape index (κ2) is 18.4. The van der Waals surface area contributed by atoms with E-state index < -0.39 is 27.0 Å². The van der Waals surface area contributed by atoms with Gasteiger partial charge in [-0.1, -0.05) is 103 Å². The van der Waals surface area contributed by atoms with Crippen molar-refractivity contribution in [3.8, 4) is 0 Å². The predicted octanol–water partition coefficient (Wildman–Crippen LogP) is 9.88. The van der Waals surface area contributed by atoms with Crippen LogP contribution in [0.15, 0.2) is 18.2 Å². The summed E-state index contributed by atoms with van der Waals surface area (Å²) in [6.45, 7) is 7.24. The lowest BCUT2D eigenvalue weighted by molar-refractivity contribution is -0.909. The third kappa shape index (κ3) is 13.7. The van der Waals surface area contributed by atoms with E-state index in [2.05, 4.69) is 25.6 Å². The van der Waals surface area contributed by atoms with Crippen LogP contribution in [0.2, 0.25) is 0 Å². The fraction of sp³-hybridized carbons (Fsp3) is 0.818. The summed E-state index contributed by atoms with van der Waals surface area (Å²) >= 11 is 0. The third-order valence-corrected chi connectivity index (χ3v) is 10.8. The zero-order chi connectivity index (χ0) is 30.2. The molecule has 0 spiro atoms. The van der Waals surface area contributed by atoms with Crippen molar-refractivity contribution in [1.29, 1.82) is 0 Å². The quantitative estimate of drug-likeness (QED) is 0.142. The molecule has 1 aromatic carbocycles. The smallest absolute Gasteiger partial charge is 0.326 e. The Hall–Kier alpha value is -1.28. The zero-order valence-electron chi connectivity index (χ0n) is 26.2. The first-order chi connectivity index (χ1) is 19.5. The highest BCUT2D eigenvalue weighted by molar-refractivity contribution is 7.93. The number of hydrogen-bond acceptors (Lipinski definition) is 2.